The Morgan fingerprint density at radius 3 is 2.43 bits per heavy atom. The fraction of sp³-hybridized carbons (Fsp3) is 0.385. The molecule has 0 saturated carbocycles. The fourth-order valence-electron chi connectivity index (χ4n) is 2.05. The Balaban J connectivity index is 2.35. The summed E-state index contributed by atoms with van der Waals surface area (Å²) in [6, 6.07) is 10.6. The molecule has 0 heterocycles. The summed E-state index contributed by atoms with van der Waals surface area (Å²) in [6.45, 7) is 0. The molecule has 14 heavy (non-hydrogen) atoms. The van der Waals surface area contributed by atoms with E-state index in [1.165, 1.54) is 29.7 Å². The first-order valence-corrected chi connectivity index (χ1v) is 5.23. The first-order valence-electron chi connectivity index (χ1n) is 5.23. The quantitative estimate of drug-likeness (QED) is 0.688. The summed E-state index contributed by atoms with van der Waals surface area (Å²) in [7, 11) is 1.78. The van der Waals surface area contributed by atoms with Crippen LogP contribution in [0.2, 0.25) is 0 Å². The van der Waals surface area contributed by atoms with Crippen molar-refractivity contribution >= 4 is 5.57 Å². The molecule has 74 valence electrons. The molecule has 2 rings (SSSR count). The molecule has 1 aliphatic carbocycles. The zero-order valence-electron chi connectivity index (χ0n) is 8.62. The van der Waals surface area contributed by atoms with Crippen molar-refractivity contribution in [1.29, 1.82) is 0 Å². The minimum atomic E-state index is 1.10. The maximum Gasteiger partial charge on any atom is 0.0993 e. The van der Waals surface area contributed by atoms with Crippen LogP contribution in [0.4, 0.5) is 0 Å². The highest BCUT2D eigenvalue weighted by molar-refractivity contribution is 5.68. The first-order chi connectivity index (χ1) is 6.92. The number of allylic oxidation sites excluding steroid dienone is 2. The van der Waals surface area contributed by atoms with Gasteiger partial charge in [0.1, 0.15) is 0 Å². The molecular weight excluding hydrogens is 172 g/mol. The van der Waals surface area contributed by atoms with E-state index in [0.717, 1.165) is 12.8 Å². The molecule has 0 unspecified atom stereocenters. The molecule has 0 aromatic heterocycles. The van der Waals surface area contributed by atoms with Gasteiger partial charge in [0.05, 0.1) is 12.9 Å². The smallest absolute Gasteiger partial charge is 0.0993 e. The van der Waals surface area contributed by atoms with Gasteiger partial charge < -0.3 is 4.74 Å². The van der Waals surface area contributed by atoms with Gasteiger partial charge in [-0.1, -0.05) is 30.3 Å². The summed E-state index contributed by atoms with van der Waals surface area (Å²) in [5.41, 5.74) is 2.73. The molecule has 0 spiro atoms. The van der Waals surface area contributed by atoms with Crippen molar-refractivity contribution in [3.63, 3.8) is 0 Å². The maximum atomic E-state index is 5.44. The number of hydrogen-bond acceptors (Lipinski definition) is 1. The van der Waals surface area contributed by atoms with Crippen molar-refractivity contribution < 1.29 is 4.74 Å². The maximum absolute atomic E-state index is 5.44. The van der Waals surface area contributed by atoms with Crippen molar-refractivity contribution in [2.24, 2.45) is 0 Å². The number of hydrogen-bond donors (Lipinski definition) is 0. The largest absolute Gasteiger partial charge is 0.501 e. The highest BCUT2D eigenvalue weighted by Crippen LogP contribution is 2.32. The van der Waals surface area contributed by atoms with Crippen molar-refractivity contribution in [1.82, 2.24) is 0 Å². The molecule has 0 radical (unpaired) electrons. The van der Waals surface area contributed by atoms with E-state index in [-0.39, 0.29) is 0 Å². The summed E-state index contributed by atoms with van der Waals surface area (Å²) in [4.78, 5) is 0. The second-order valence-electron chi connectivity index (χ2n) is 3.68. The predicted molar refractivity (Wildman–Crippen MR) is 58.8 cm³/mol. The van der Waals surface area contributed by atoms with E-state index >= 15 is 0 Å². The zero-order chi connectivity index (χ0) is 9.80. The van der Waals surface area contributed by atoms with Crippen LogP contribution >= 0.6 is 0 Å². The van der Waals surface area contributed by atoms with Crippen molar-refractivity contribution in [2.45, 2.75) is 25.7 Å². The molecule has 0 amide bonds. The second kappa shape index (κ2) is 4.32. The van der Waals surface area contributed by atoms with Gasteiger partial charge in [-0.3, -0.25) is 0 Å². The predicted octanol–water partition coefficient (Wildman–Crippen LogP) is 3.62. The average Bonchev–Trinajstić information content (AvgIpc) is 2.30. The summed E-state index contributed by atoms with van der Waals surface area (Å²) in [5, 5.41) is 0. The van der Waals surface area contributed by atoms with Crippen molar-refractivity contribution in [3.05, 3.63) is 41.7 Å². The Morgan fingerprint density at radius 2 is 1.71 bits per heavy atom. The van der Waals surface area contributed by atoms with Crippen molar-refractivity contribution in [3.8, 4) is 0 Å². The summed E-state index contributed by atoms with van der Waals surface area (Å²) >= 11 is 0. The molecular formula is C13H16O. The normalized spacial score (nSPS) is 16.9. The van der Waals surface area contributed by atoms with Crippen LogP contribution in [0.25, 0.3) is 5.57 Å². The van der Waals surface area contributed by atoms with E-state index < -0.39 is 0 Å². The zero-order valence-corrected chi connectivity index (χ0v) is 8.62. The van der Waals surface area contributed by atoms with Crippen LogP contribution in [-0.2, 0) is 4.74 Å². The number of benzene rings is 1. The van der Waals surface area contributed by atoms with Gasteiger partial charge >= 0.3 is 0 Å². The van der Waals surface area contributed by atoms with Gasteiger partial charge in [0, 0.05) is 6.42 Å². The van der Waals surface area contributed by atoms with Crippen LogP contribution in [-0.4, -0.2) is 7.11 Å². The van der Waals surface area contributed by atoms with Gasteiger partial charge in [-0.15, -0.1) is 0 Å². The van der Waals surface area contributed by atoms with Gasteiger partial charge in [-0.2, -0.15) is 0 Å². The lowest BCUT2D eigenvalue weighted by Crippen LogP contribution is -2.00. The fourth-order valence-corrected chi connectivity index (χ4v) is 2.05. The molecule has 0 fully saturated rings. The molecule has 0 N–H and O–H groups in total. The number of rotatable bonds is 2. The third kappa shape index (κ3) is 1.82. The van der Waals surface area contributed by atoms with Crippen LogP contribution in [0.15, 0.2) is 36.1 Å². The Kier molecular flexibility index (Phi) is 2.87. The van der Waals surface area contributed by atoms with Crippen molar-refractivity contribution in [2.75, 3.05) is 7.11 Å². The SMILES string of the molecule is COC1=C(c2ccccc2)CCCC1. The Labute approximate surface area is 85.4 Å². The standard InChI is InChI=1S/C13H16O/c1-14-13-10-6-5-9-12(13)11-7-3-2-4-8-11/h2-4,7-8H,5-6,9-10H2,1H3. The molecule has 1 aliphatic rings. The third-order valence-corrected chi connectivity index (χ3v) is 2.79. The van der Waals surface area contributed by atoms with E-state index in [1.54, 1.807) is 7.11 Å². The number of methoxy groups -OCH3 is 1. The molecule has 0 aliphatic heterocycles. The van der Waals surface area contributed by atoms with Gasteiger partial charge in [-0.25, -0.2) is 0 Å². The van der Waals surface area contributed by atoms with Gasteiger partial charge in [0.2, 0.25) is 0 Å². The van der Waals surface area contributed by atoms with Crippen LogP contribution in [0.5, 0.6) is 0 Å². The first kappa shape index (κ1) is 9.32. The van der Waals surface area contributed by atoms with Gasteiger partial charge in [0.15, 0.2) is 0 Å². The molecule has 0 saturated heterocycles. The van der Waals surface area contributed by atoms with E-state index in [0.29, 0.717) is 0 Å². The molecule has 1 aromatic carbocycles. The van der Waals surface area contributed by atoms with Crippen LogP contribution in [0.1, 0.15) is 31.2 Å². The second-order valence-corrected chi connectivity index (χ2v) is 3.68. The topological polar surface area (TPSA) is 9.23 Å². The molecule has 1 aromatic rings. The minimum absolute atomic E-state index is 1.10. The molecule has 0 atom stereocenters. The Bertz CT molecular complexity index is 324. The molecule has 0 bridgehead atoms. The van der Waals surface area contributed by atoms with Gasteiger partial charge in [0.25, 0.3) is 0 Å². The lowest BCUT2D eigenvalue weighted by molar-refractivity contribution is 0.270. The minimum Gasteiger partial charge on any atom is -0.501 e. The lowest BCUT2D eigenvalue weighted by Gasteiger charge is -2.19. The number of ether oxygens (including phenoxy) is 1. The summed E-state index contributed by atoms with van der Waals surface area (Å²) in [5.74, 6) is 1.18. The summed E-state index contributed by atoms with van der Waals surface area (Å²) in [6.07, 6.45) is 4.81. The average molecular weight is 188 g/mol. The van der Waals surface area contributed by atoms with Crippen LogP contribution < -0.4 is 0 Å². The molecule has 1 nitrogen and oxygen atoms in total. The Hall–Kier alpha value is -1.24. The summed E-state index contributed by atoms with van der Waals surface area (Å²) < 4.78 is 5.44. The highest BCUT2D eigenvalue weighted by Gasteiger charge is 2.14. The highest BCUT2D eigenvalue weighted by atomic mass is 16.5. The van der Waals surface area contributed by atoms with Crippen LogP contribution in [0, 0.1) is 0 Å². The van der Waals surface area contributed by atoms with E-state index in [9.17, 15) is 0 Å². The van der Waals surface area contributed by atoms with Gasteiger partial charge in [-0.05, 0) is 30.4 Å². The van der Waals surface area contributed by atoms with E-state index in [4.69, 9.17) is 4.74 Å². The molecule has 1 heteroatoms. The lowest BCUT2D eigenvalue weighted by atomic mass is 9.92. The third-order valence-electron chi connectivity index (χ3n) is 2.79. The monoisotopic (exact) mass is 188 g/mol. The Morgan fingerprint density at radius 1 is 1.00 bits per heavy atom. The van der Waals surface area contributed by atoms with E-state index in [2.05, 4.69) is 30.3 Å². The van der Waals surface area contributed by atoms with E-state index in [1.807, 2.05) is 0 Å². The van der Waals surface area contributed by atoms with Crippen LogP contribution in [0.3, 0.4) is 0 Å².